The van der Waals surface area contributed by atoms with Gasteiger partial charge in [-0.05, 0) is 102 Å². The Hall–Kier alpha value is -6.71. The number of hydrogen-bond acceptors (Lipinski definition) is 3. The number of benzene rings is 9. The molecule has 0 saturated carbocycles. The van der Waals surface area contributed by atoms with Gasteiger partial charge in [0, 0.05) is 21.7 Å². The summed E-state index contributed by atoms with van der Waals surface area (Å²) in [4.78, 5) is 4.95. The third kappa shape index (κ3) is 3.89. The first-order valence-electron chi connectivity index (χ1n) is 17.0. The largest absolute Gasteiger partial charge is 0.456 e. The van der Waals surface area contributed by atoms with E-state index in [1.165, 1.54) is 38.2 Å². The normalized spacial score (nSPS) is 12.0. The van der Waals surface area contributed by atoms with Crippen LogP contribution in [0.4, 0.5) is 0 Å². The highest BCUT2D eigenvalue weighted by Crippen LogP contribution is 2.48. The summed E-state index contributed by atoms with van der Waals surface area (Å²) in [5.74, 6) is 0.629. The molecule has 232 valence electrons. The van der Waals surface area contributed by atoms with E-state index in [1.54, 1.807) is 0 Å². The lowest BCUT2D eigenvalue weighted by Gasteiger charge is -2.19. The van der Waals surface area contributed by atoms with Crippen molar-refractivity contribution in [1.29, 1.82) is 0 Å². The van der Waals surface area contributed by atoms with Gasteiger partial charge in [-0.15, -0.1) is 0 Å². The first-order chi connectivity index (χ1) is 24.8. The van der Waals surface area contributed by atoms with Gasteiger partial charge in [0.15, 0.2) is 5.58 Å². The van der Waals surface area contributed by atoms with Crippen molar-refractivity contribution < 1.29 is 8.83 Å². The minimum Gasteiger partial charge on any atom is -0.456 e. The predicted octanol–water partition coefficient (Wildman–Crippen LogP) is 13.3. The lowest BCUT2D eigenvalue weighted by Crippen LogP contribution is -1.92. The van der Waals surface area contributed by atoms with E-state index in [-0.39, 0.29) is 0 Å². The van der Waals surface area contributed by atoms with E-state index in [9.17, 15) is 0 Å². The van der Waals surface area contributed by atoms with Crippen LogP contribution < -0.4 is 0 Å². The Morgan fingerprint density at radius 2 is 0.980 bits per heavy atom. The Labute approximate surface area is 286 Å². The molecule has 0 unspecified atom stereocenters. The zero-order valence-electron chi connectivity index (χ0n) is 26.9. The number of furan rings is 1. The molecule has 11 rings (SSSR count). The summed E-state index contributed by atoms with van der Waals surface area (Å²) >= 11 is 0. The zero-order chi connectivity index (χ0) is 32.8. The SMILES string of the molecule is c1ccc(-c2nc3ccc4c(-c5c6ccccc6c(-c6ccc7c(c6)oc6ccccc67)c6ccccc56)cc5ccccc5c4c3o2)cc1. The average Bonchev–Trinajstić information content (AvgIpc) is 3.79. The van der Waals surface area contributed by atoms with Crippen molar-refractivity contribution in [2.45, 2.75) is 0 Å². The van der Waals surface area contributed by atoms with Gasteiger partial charge >= 0.3 is 0 Å². The molecule has 0 atom stereocenters. The summed E-state index contributed by atoms with van der Waals surface area (Å²) in [6.07, 6.45) is 0. The molecule has 3 nitrogen and oxygen atoms in total. The molecule has 0 N–H and O–H groups in total. The molecule has 0 aliphatic rings. The van der Waals surface area contributed by atoms with E-state index < -0.39 is 0 Å². The van der Waals surface area contributed by atoms with Crippen molar-refractivity contribution in [3.05, 3.63) is 164 Å². The van der Waals surface area contributed by atoms with E-state index in [2.05, 4.69) is 121 Å². The van der Waals surface area contributed by atoms with Crippen LogP contribution in [0.1, 0.15) is 0 Å². The molecule has 0 amide bonds. The fourth-order valence-electron chi connectivity index (χ4n) is 8.09. The van der Waals surface area contributed by atoms with Crippen LogP contribution in [-0.2, 0) is 0 Å². The van der Waals surface area contributed by atoms with Crippen LogP contribution in [0.3, 0.4) is 0 Å². The van der Waals surface area contributed by atoms with Gasteiger partial charge in [0.2, 0.25) is 5.89 Å². The molecular formula is C47H27NO2. The first-order valence-corrected chi connectivity index (χ1v) is 17.0. The van der Waals surface area contributed by atoms with Crippen LogP contribution in [0, 0.1) is 0 Å². The second-order valence-corrected chi connectivity index (χ2v) is 13.0. The molecule has 0 spiro atoms. The molecule has 9 aromatic carbocycles. The zero-order valence-corrected chi connectivity index (χ0v) is 26.9. The van der Waals surface area contributed by atoms with E-state index in [0.717, 1.165) is 65.7 Å². The average molecular weight is 638 g/mol. The van der Waals surface area contributed by atoms with Crippen molar-refractivity contribution in [2.24, 2.45) is 0 Å². The van der Waals surface area contributed by atoms with Crippen LogP contribution in [0.25, 0.3) is 110 Å². The lowest BCUT2D eigenvalue weighted by molar-refractivity contribution is 0.623. The van der Waals surface area contributed by atoms with E-state index >= 15 is 0 Å². The molecule has 2 aromatic heterocycles. The Kier molecular flexibility index (Phi) is 5.67. The fraction of sp³-hybridized carbons (Fsp3) is 0. The van der Waals surface area contributed by atoms with E-state index in [0.29, 0.717) is 5.89 Å². The van der Waals surface area contributed by atoms with E-state index in [4.69, 9.17) is 13.8 Å². The van der Waals surface area contributed by atoms with Gasteiger partial charge in [-0.25, -0.2) is 4.98 Å². The number of oxazole rings is 1. The van der Waals surface area contributed by atoms with Crippen LogP contribution >= 0.6 is 0 Å². The monoisotopic (exact) mass is 637 g/mol. The minimum atomic E-state index is 0.629. The second kappa shape index (κ2) is 10.4. The number of rotatable bonds is 3. The summed E-state index contributed by atoms with van der Waals surface area (Å²) in [6.45, 7) is 0. The first kappa shape index (κ1) is 27.3. The van der Waals surface area contributed by atoms with Crippen LogP contribution in [0.5, 0.6) is 0 Å². The molecular weight excluding hydrogens is 611 g/mol. The maximum absolute atomic E-state index is 6.66. The van der Waals surface area contributed by atoms with E-state index in [1.807, 2.05) is 42.5 Å². The van der Waals surface area contributed by atoms with Crippen LogP contribution in [0.15, 0.2) is 173 Å². The Morgan fingerprint density at radius 1 is 0.380 bits per heavy atom. The molecule has 2 heterocycles. The van der Waals surface area contributed by atoms with Gasteiger partial charge in [0.05, 0.1) is 0 Å². The molecule has 0 bridgehead atoms. The molecule has 3 heteroatoms. The Balaban J connectivity index is 1.24. The molecule has 11 aromatic rings. The standard InChI is InChI=1S/C47H27NO2/c1-2-12-28(13-3-1)47-48-40-25-24-38-39(26-29-14-4-5-15-31(29)45(38)46(40)50-47)44-36-19-8-6-17-34(36)43(35-18-7-9-20-37(35)44)30-22-23-33-32-16-10-11-21-41(32)49-42(33)27-30/h1-27H. The van der Waals surface area contributed by atoms with Gasteiger partial charge < -0.3 is 8.83 Å². The molecule has 0 saturated heterocycles. The summed E-state index contributed by atoms with van der Waals surface area (Å²) in [6, 6.07) is 58.0. The highest BCUT2D eigenvalue weighted by molar-refractivity contribution is 6.28. The highest BCUT2D eigenvalue weighted by Gasteiger charge is 2.22. The third-order valence-corrected chi connectivity index (χ3v) is 10.3. The maximum Gasteiger partial charge on any atom is 0.227 e. The third-order valence-electron chi connectivity index (χ3n) is 10.3. The van der Waals surface area contributed by atoms with Gasteiger partial charge in [-0.3, -0.25) is 0 Å². The minimum absolute atomic E-state index is 0.629. The van der Waals surface area contributed by atoms with Crippen LogP contribution in [0.2, 0.25) is 0 Å². The smallest absolute Gasteiger partial charge is 0.227 e. The summed E-state index contributed by atoms with van der Waals surface area (Å²) < 4.78 is 13.0. The Morgan fingerprint density at radius 3 is 1.74 bits per heavy atom. The van der Waals surface area contributed by atoms with Gasteiger partial charge in [-0.2, -0.15) is 0 Å². The highest BCUT2D eigenvalue weighted by atomic mass is 16.3. The number of nitrogens with zero attached hydrogens (tertiary/aromatic N) is 1. The number of para-hydroxylation sites is 1. The van der Waals surface area contributed by atoms with Crippen LogP contribution in [-0.4, -0.2) is 4.98 Å². The summed E-state index contributed by atoms with van der Waals surface area (Å²) in [5.41, 5.74) is 9.15. The molecule has 0 aliphatic heterocycles. The van der Waals surface area contributed by atoms with Crippen molar-refractivity contribution in [2.75, 3.05) is 0 Å². The van der Waals surface area contributed by atoms with Gasteiger partial charge in [-0.1, -0.05) is 121 Å². The van der Waals surface area contributed by atoms with Crippen molar-refractivity contribution in [1.82, 2.24) is 4.98 Å². The quantitative estimate of drug-likeness (QED) is 0.143. The lowest BCUT2D eigenvalue weighted by atomic mass is 9.83. The molecule has 50 heavy (non-hydrogen) atoms. The van der Waals surface area contributed by atoms with Crippen molar-refractivity contribution in [3.63, 3.8) is 0 Å². The summed E-state index contributed by atoms with van der Waals surface area (Å²) in [5, 5.41) is 11.6. The maximum atomic E-state index is 6.66. The molecule has 0 aliphatic carbocycles. The van der Waals surface area contributed by atoms with Gasteiger partial charge in [0.1, 0.15) is 16.7 Å². The van der Waals surface area contributed by atoms with Gasteiger partial charge in [0.25, 0.3) is 0 Å². The molecule has 0 fully saturated rings. The van der Waals surface area contributed by atoms with Crippen molar-refractivity contribution >= 4 is 76.1 Å². The number of fused-ring (bicyclic) bond motifs is 10. The summed E-state index contributed by atoms with van der Waals surface area (Å²) in [7, 11) is 0. The second-order valence-electron chi connectivity index (χ2n) is 13.0. The number of aromatic nitrogens is 1. The van der Waals surface area contributed by atoms with Crippen molar-refractivity contribution in [3.8, 4) is 33.7 Å². The topological polar surface area (TPSA) is 39.2 Å². The fourth-order valence-corrected chi connectivity index (χ4v) is 8.09. The predicted molar refractivity (Wildman–Crippen MR) is 208 cm³/mol. The Bertz CT molecular complexity index is 3090. The molecule has 0 radical (unpaired) electrons. The number of hydrogen-bond donors (Lipinski definition) is 0.